The second-order valence-corrected chi connectivity index (χ2v) is 32.7. The Balaban J connectivity index is 0.944. The highest BCUT2D eigenvalue weighted by Gasteiger charge is 2.47. The predicted molar refractivity (Wildman–Crippen MR) is 475 cm³/mol. The third-order valence-electron chi connectivity index (χ3n) is 24.2. The summed E-state index contributed by atoms with van der Waals surface area (Å²) in [4.78, 5) is 5.47. The molecule has 4 nitrogen and oxygen atoms in total. The fraction of sp³-hybridized carbons (Fsp3) is 0.0755. The molecule has 0 unspecified atom stereocenters. The van der Waals surface area contributed by atoms with E-state index in [1.54, 1.807) is 0 Å². The Morgan fingerprint density at radius 1 is 0.234 bits per heavy atom. The van der Waals surface area contributed by atoms with Gasteiger partial charge in [0.25, 0.3) is 6.71 Å². The highest BCUT2D eigenvalue weighted by atomic mass is 15.2. The van der Waals surface area contributed by atoms with Crippen molar-refractivity contribution < 1.29 is 0 Å². The molecule has 0 saturated heterocycles. The molecule has 111 heavy (non-hydrogen) atoms. The highest BCUT2D eigenvalue weighted by molar-refractivity contribution is 7.00. The van der Waals surface area contributed by atoms with Gasteiger partial charge in [-0.2, -0.15) is 0 Å². The Morgan fingerprint density at radius 2 is 0.604 bits per heavy atom. The van der Waals surface area contributed by atoms with Crippen LogP contribution >= 0.6 is 0 Å². The summed E-state index contributed by atoms with van der Waals surface area (Å²) in [6.45, 7) is 13.9. The molecule has 18 aromatic carbocycles. The fourth-order valence-electron chi connectivity index (χ4n) is 19.1. The number of anilines is 6. The van der Waals surface area contributed by atoms with Crippen LogP contribution in [0.3, 0.4) is 0 Å². The van der Waals surface area contributed by atoms with Crippen LogP contribution in [0.25, 0.3) is 154 Å². The van der Waals surface area contributed by atoms with Gasteiger partial charge in [-0.15, -0.1) is 0 Å². The van der Waals surface area contributed by atoms with Crippen molar-refractivity contribution in [1.82, 2.24) is 9.13 Å². The van der Waals surface area contributed by atoms with Crippen molar-refractivity contribution >= 4 is 144 Å². The smallest absolute Gasteiger partial charge is 0.252 e. The zero-order chi connectivity index (χ0) is 74.1. The minimum absolute atomic E-state index is 0.216. The van der Waals surface area contributed by atoms with Crippen LogP contribution in [0.1, 0.15) is 52.7 Å². The van der Waals surface area contributed by atoms with E-state index in [4.69, 9.17) is 0 Å². The van der Waals surface area contributed by atoms with E-state index in [-0.39, 0.29) is 17.5 Å². The first-order valence-electron chi connectivity index (χ1n) is 39.1. The summed E-state index contributed by atoms with van der Waals surface area (Å²) in [6.07, 6.45) is 0. The molecule has 0 radical (unpaired) electrons. The third kappa shape index (κ3) is 9.94. The van der Waals surface area contributed by atoms with Crippen LogP contribution in [0, 0.1) is 0 Å². The topological polar surface area (TPSA) is 16.3 Å². The van der Waals surface area contributed by atoms with Crippen molar-refractivity contribution in [3.63, 3.8) is 0 Å². The minimum Gasteiger partial charge on any atom is -0.310 e. The maximum atomic E-state index is 2.74. The molecule has 5 heteroatoms. The van der Waals surface area contributed by atoms with E-state index in [0.29, 0.717) is 0 Å². The SMILES string of the molecule is CC(C)(C)c1cc(-c2ccccc2)c(N2c3ccc(-c4cc5cccc6c7cccc8cccc(c(c4)c56)c87)cc3B3c4ccc(-n5c6ccccc6c6ccccc65)cc4N(c4c(-c5ccccc5)cc(C(C)(C)C)cc4-c4ccccc4)c4cc(-n5c6ccccc6c6ccccc65)cc2c43)c(-c2ccccc2)c1. The number of para-hydroxylation sites is 4. The van der Waals surface area contributed by atoms with Crippen LogP contribution in [0.5, 0.6) is 0 Å². The molecule has 524 valence electrons. The van der Waals surface area contributed by atoms with Gasteiger partial charge < -0.3 is 18.9 Å². The zero-order valence-electron chi connectivity index (χ0n) is 62.9. The second-order valence-electron chi connectivity index (χ2n) is 32.7. The molecule has 20 aromatic rings. The molecule has 22 rings (SSSR count). The molecule has 2 aliphatic heterocycles. The van der Waals surface area contributed by atoms with Gasteiger partial charge in [0.15, 0.2) is 0 Å². The van der Waals surface area contributed by atoms with Crippen LogP contribution < -0.4 is 26.2 Å². The Hall–Kier alpha value is -13.5. The van der Waals surface area contributed by atoms with Crippen LogP contribution in [-0.2, 0) is 10.8 Å². The third-order valence-corrected chi connectivity index (χ3v) is 24.2. The van der Waals surface area contributed by atoms with E-state index in [0.717, 1.165) is 118 Å². The van der Waals surface area contributed by atoms with Gasteiger partial charge in [0.05, 0.1) is 39.1 Å². The lowest BCUT2D eigenvalue weighted by atomic mass is 9.33. The minimum atomic E-state index is -0.318. The van der Waals surface area contributed by atoms with Crippen LogP contribution in [0.15, 0.2) is 358 Å². The van der Waals surface area contributed by atoms with Gasteiger partial charge in [0, 0.05) is 72.2 Å². The van der Waals surface area contributed by atoms with Crippen molar-refractivity contribution in [1.29, 1.82) is 0 Å². The number of hydrogen-bond acceptors (Lipinski definition) is 2. The van der Waals surface area contributed by atoms with Crippen LogP contribution in [-0.4, -0.2) is 15.8 Å². The molecule has 4 heterocycles. The molecule has 0 atom stereocenters. The largest absolute Gasteiger partial charge is 0.310 e. The molecule has 0 amide bonds. The number of benzene rings is 18. The van der Waals surface area contributed by atoms with Crippen molar-refractivity contribution in [3.8, 4) is 67.0 Å². The van der Waals surface area contributed by atoms with Crippen LogP contribution in [0.2, 0.25) is 0 Å². The lowest BCUT2D eigenvalue weighted by Gasteiger charge is -2.46. The molecule has 0 N–H and O–H groups in total. The van der Waals surface area contributed by atoms with E-state index in [2.05, 4.69) is 418 Å². The Morgan fingerprint density at radius 3 is 1.05 bits per heavy atom. The monoisotopic (exact) mass is 1420 g/mol. The first kappa shape index (κ1) is 64.7. The molecule has 0 aliphatic carbocycles. The zero-order valence-corrected chi connectivity index (χ0v) is 62.9. The maximum Gasteiger partial charge on any atom is 0.252 e. The lowest BCUT2D eigenvalue weighted by Crippen LogP contribution is -2.61. The molecule has 0 bridgehead atoms. The van der Waals surface area contributed by atoms with E-state index in [9.17, 15) is 0 Å². The lowest BCUT2D eigenvalue weighted by molar-refractivity contribution is 0.590. The fourth-order valence-corrected chi connectivity index (χ4v) is 19.1. The van der Waals surface area contributed by atoms with Crippen molar-refractivity contribution in [2.45, 2.75) is 52.4 Å². The quantitative estimate of drug-likeness (QED) is 0.0813. The molecule has 0 saturated carbocycles. The van der Waals surface area contributed by atoms with E-state index in [1.807, 2.05) is 0 Å². The predicted octanol–water partition coefficient (Wildman–Crippen LogP) is 26.9. The summed E-state index contributed by atoms with van der Waals surface area (Å²) < 4.78 is 5.07. The Kier molecular flexibility index (Phi) is 14.3. The number of rotatable bonds is 9. The van der Waals surface area contributed by atoms with E-state index < -0.39 is 0 Å². The summed E-state index contributed by atoms with van der Waals surface area (Å²) in [5.74, 6) is 0. The van der Waals surface area contributed by atoms with Crippen molar-refractivity contribution in [2.24, 2.45) is 0 Å². The van der Waals surface area contributed by atoms with E-state index >= 15 is 0 Å². The average Bonchev–Trinajstić information content (AvgIpc) is 1.13. The maximum absolute atomic E-state index is 2.74. The standard InChI is InChI=1S/C106H77BN4/c1-105(2,3)74-59-85(66-30-11-7-12-31-66)103(86(60-74)67-32-13-8-14-33-67)110-96-55-52-71(73-56-72-40-29-46-83-82-45-27-38-70-39-28-47-84(100(70)82)89(57-73)101(72)83)58-91(96)107-90-54-53-76(108-92-48-23-19-41-78(92)79-42-20-24-49-93(79)108)63-97(90)111(99-65-77(64-98(110)102(99)107)109-94-50-25-21-43-80(94)81-44-22-26-51-95(81)109)104-87(68-34-15-9-16-35-68)61-75(106(4,5)6)62-88(104)69-36-17-10-18-37-69/h7-65H,1-6H3. The molecular formula is C106H77BN4. The molecule has 0 fully saturated rings. The normalized spacial score (nSPS) is 12.9. The average molecular weight is 1420 g/mol. The summed E-state index contributed by atoms with van der Waals surface area (Å²) in [5.41, 5.74) is 30.7. The molecule has 2 aromatic heterocycles. The Labute approximate surface area is 647 Å². The number of fused-ring (bicyclic) bond motifs is 12. The molecule has 2 aliphatic rings. The van der Waals surface area contributed by atoms with Gasteiger partial charge in [-0.05, 0) is 206 Å². The van der Waals surface area contributed by atoms with Crippen LogP contribution in [0.4, 0.5) is 34.1 Å². The highest BCUT2D eigenvalue weighted by Crippen LogP contribution is 2.56. The van der Waals surface area contributed by atoms with Gasteiger partial charge in [0.2, 0.25) is 0 Å². The first-order chi connectivity index (χ1) is 54.4. The molecule has 0 spiro atoms. The summed E-state index contributed by atoms with van der Waals surface area (Å²) in [5, 5.41) is 15.1. The second kappa shape index (κ2) is 24.5. The van der Waals surface area contributed by atoms with Gasteiger partial charge in [-0.25, -0.2) is 0 Å². The van der Waals surface area contributed by atoms with Gasteiger partial charge in [-0.1, -0.05) is 308 Å². The van der Waals surface area contributed by atoms with E-state index in [1.165, 1.54) is 97.7 Å². The first-order valence-corrected chi connectivity index (χ1v) is 39.1. The number of hydrogen-bond donors (Lipinski definition) is 0. The van der Waals surface area contributed by atoms with Crippen molar-refractivity contribution in [3.05, 3.63) is 369 Å². The summed E-state index contributed by atoms with van der Waals surface area (Å²) >= 11 is 0. The summed E-state index contributed by atoms with van der Waals surface area (Å²) in [6, 6.07) is 137. The Bertz CT molecular complexity index is 6980. The summed E-state index contributed by atoms with van der Waals surface area (Å²) in [7, 11) is 0. The number of nitrogens with zero attached hydrogens (tertiary/aromatic N) is 4. The molecular weight excluding hydrogens is 1340 g/mol. The van der Waals surface area contributed by atoms with Gasteiger partial charge >= 0.3 is 0 Å². The van der Waals surface area contributed by atoms with Gasteiger partial charge in [0.1, 0.15) is 0 Å². The number of aromatic nitrogens is 2. The van der Waals surface area contributed by atoms with Gasteiger partial charge in [-0.3, -0.25) is 0 Å². The van der Waals surface area contributed by atoms with Crippen molar-refractivity contribution in [2.75, 3.05) is 9.80 Å².